The maximum absolute atomic E-state index is 12.2. The molecule has 0 aliphatic heterocycles. The zero-order chi connectivity index (χ0) is 18.2. The van der Waals surface area contributed by atoms with E-state index in [1.165, 1.54) is 24.3 Å². The van der Waals surface area contributed by atoms with Gasteiger partial charge in [-0.15, -0.1) is 0 Å². The average molecular weight is 342 g/mol. The van der Waals surface area contributed by atoms with Gasteiger partial charge in [0.25, 0.3) is 11.8 Å². The lowest BCUT2D eigenvalue weighted by atomic mass is 10.1. The number of carbonyl (C=O) groups is 3. The molecule has 0 spiro atoms. The van der Waals surface area contributed by atoms with Crippen LogP contribution >= 0.6 is 0 Å². The van der Waals surface area contributed by atoms with E-state index in [0.29, 0.717) is 12.2 Å². The van der Waals surface area contributed by atoms with Crippen LogP contribution in [-0.2, 0) is 4.79 Å². The summed E-state index contributed by atoms with van der Waals surface area (Å²) in [6.45, 7) is 1.77. The Kier molecular flexibility index (Phi) is 6.11. The van der Waals surface area contributed by atoms with Gasteiger partial charge in [-0.2, -0.15) is 0 Å². The number of amides is 2. The van der Waals surface area contributed by atoms with Crippen LogP contribution in [0.3, 0.4) is 0 Å². The van der Waals surface area contributed by atoms with Crippen molar-refractivity contribution in [2.75, 3.05) is 0 Å². The molecular weight excluding hydrogens is 324 g/mol. The standard InChI is InChI=1S/C18H18N2O5/c1-2-15(25-12-8-4-3-5-9-12)17(22)20-19-16(21)13-10-6-7-11-14(13)18(23)24/h3-11,15H,2H2,1H3,(H,19,21)(H,20,22)(H,23,24)/t15-/m1/s1. The van der Waals surface area contributed by atoms with Gasteiger partial charge in [-0.3, -0.25) is 20.4 Å². The third-order valence-corrected chi connectivity index (χ3v) is 3.39. The summed E-state index contributed by atoms with van der Waals surface area (Å²) in [5.74, 6) is -1.95. The summed E-state index contributed by atoms with van der Waals surface area (Å²) in [6.07, 6.45) is -0.403. The minimum Gasteiger partial charge on any atom is -0.481 e. The smallest absolute Gasteiger partial charge is 0.336 e. The van der Waals surface area contributed by atoms with Crippen molar-refractivity contribution in [2.45, 2.75) is 19.4 Å². The van der Waals surface area contributed by atoms with Crippen LogP contribution in [-0.4, -0.2) is 29.0 Å². The van der Waals surface area contributed by atoms with E-state index >= 15 is 0 Å². The van der Waals surface area contributed by atoms with Gasteiger partial charge in [0.15, 0.2) is 6.10 Å². The second-order valence-corrected chi connectivity index (χ2v) is 5.12. The van der Waals surface area contributed by atoms with E-state index < -0.39 is 23.9 Å². The van der Waals surface area contributed by atoms with Crippen LogP contribution in [0.4, 0.5) is 0 Å². The Balaban J connectivity index is 1.98. The molecule has 0 saturated heterocycles. The minimum atomic E-state index is -1.23. The number of nitrogens with one attached hydrogen (secondary N) is 2. The first-order chi connectivity index (χ1) is 12.0. The summed E-state index contributed by atoms with van der Waals surface area (Å²) in [4.78, 5) is 35.4. The first-order valence-corrected chi connectivity index (χ1v) is 7.67. The van der Waals surface area contributed by atoms with Gasteiger partial charge < -0.3 is 9.84 Å². The van der Waals surface area contributed by atoms with Crippen molar-refractivity contribution in [1.29, 1.82) is 0 Å². The van der Waals surface area contributed by atoms with Crippen LogP contribution in [0, 0.1) is 0 Å². The highest BCUT2D eigenvalue weighted by molar-refractivity contribution is 6.05. The van der Waals surface area contributed by atoms with E-state index in [1.54, 1.807) is 31.2 Å². The maximum atomic E-state index is 12.2. The molecule has 0 aliphatic carbocycles. The molecule has 1 atom stereocenters. The normalized spacial score (nSPS) is 11.2. The summed E-state index contributed by atoms with van der Waals surface area (Å²) < 4.78 is 5.57. The molecule has 2 rings (SSSR count). The van der Waals surface area contributed by atoms with E-state index in [1.807, 2.05) is 6.07 Å². The average Bonchev–Trinajstić information content (AvgIpc) is 2.64. The first-order valence-electron chi connectivity index (χ1n) is 7.67. The number of carbonyl (C=O) groups excluding carboxylic acids is 2. The predicted octanol–water partition coefficient (Wildman–Crippen LogP) is 2.00. The number of hydrazine groups is 1. The maximum Gasteiger partial charge on any atom is 0.336 e. The topological polar surface area (TPSA) is 105 Å². The van der Waals surface area contributed by atoms with Gasteiger partial charge in [-0.05, 0) is 30.7 Å². The fourth-order valence-electron chi connectivity index (χ4n) is 2.12. The van der Waals surface area contributed by atoms with Gasteiger partial charge >= 0.3 is 5.97 Å². The van der Waals surface area contributed by atoms with E-state index in [4.69, 9.17) is 9.84 Å². The summed E-state index contributed by atoms with van der Waals surface area (Å²) in [5, 5.41) is 9.10. The Bertz CT molecular complexity index is 761. The SMILES string of the molecule is CC[C@@H](Oc1ccccc1)C(=O)NNC(=O)c1ccccc1C(=O)O. The molecule has 7 nitrogen and oxygen atoms in total. The molecular formula is C18H18N2O5. The van der Waals surface area contributed by atoms with Crippen LogP contribution in [0.2, 0.25) is 0 Å². The van der Waals surface area contributed by atoms with Crippen molar-refractivity contribution < 1.29 is 24.2 Å². The zero-order valence-corrected chi connectivity index (χ0v) is 13.6. The lowest BCUT2D eigenvalue weighted by molar-refractivity contribution is -0.128. The molecule has 0 unspecified atom stereocenters. The minimum absolute atomic E-state index is 0.0488. The van der Waals surface area contributed by atoms with Crippen LogP contribution in [0.1, 0.15) is 34.1 Å². The number of aromatic carboxylic acids is 1. The molecule has 0 saturated carbocycles. The lowest BCUT2D eigenvalue weighted by Crippen LogP contribution is -2.48. The Morgan fingerprint density at radius 3 is 2.16 bits per heavy atom. The molecule has 0 aromatic heterocycles. The third-order valence-electron chi connectivity index (χ3n) is 3.39. The van der Waals surface area contributed by atoms with E-state index in [2.05, 4.69) is 10.9 Å². The van der Waals surface area contributed by atoms with Crippen LogP contribution in [0.5, 0.6) is 5.75 Å². The molecule has 3 N–H and O–H groups in total. The number of ether oxygens (including phenoxy) is 1. The number of carboxylic acid groups (broad SMARTS) is 1. The second kappa shape index (κ2) is 8.49. The second-order valence-electron chi connectivity index (χ2n) is 5.12. The van der Waals surface area contributed by atoms with Gasteiger partial charge in [0.05, 0.1) is 11.1 Å². The van der Waals surface area contributed by atoms with Gasteiger partial charge in [-0.25, -0.2) is 4.79 Å². The lowest BCUT2D eigenvalue weighted by Gasteiger charge is -2.17. The summed E-state index contributed by atoms with van der Waals surface area (Å²) in [6, 6.07) is 14.6. The highest BCUT2D eigenvalue weighted by Gasteiger charge is 2.20. The third kappa shape index (κ3) is 4.81. The van der Waals surface area contributed by atoms with E-state index in [9.17, 15) is 14.4 Å². The Morgan fingerprint density at radius 1 is 0.960 bits per heavy atom. The zero-order valence-electron chi connectivity index (χ0n) is 13.6. The summed E-state index contributed by atoms with van der Waals surface area (Å²) >= 11 is 0. The van der Waals surface area contributed by atoms with Crippen LogP contribution < -0.4 is 15.6 Å². The van der Waals surface area contributed by atoms with Crippen molar-refractivity contribution in [1.82, 2.24) is 10.9 Å². The number of para-hydroxylation sites is 1. The van der Waals surface area contributed by atoms with Crippen LogP contribution in [0.15, 0.2) is 54.6 Å². The molecule has 0 radical (unpaired) electrons. The molecule has 2 aromatic carbocycles. The van der Waals surface area contributed by atoms with Gasteiger partial charge in [0, 0.05) is 0 Å². The molecule has 25 heavy (non-hydrogen) atoms. The van der Waals surface area contributed by atoms with Gasteiger partial charge in [0.1, 0.15) is 5.75 Å². The Hall–Kier alpha value is -3.35. The van der Waals surface area contributed by atoms with Crippen molar-refractivity contribution in [3.05, 3.63) is 65.7 Å². The number of hydrogen-bond acceptors (Lipinski definition) is 4. The largest absolute Gasteiger partial charge is 0.481 e. The molecule has 7 heteroatoms. The van der Waals surface area contributed by atoms with Crippen molar-refractivity contribution in [3.63, 3.8) is 0 Å². The quantitative estimate of drug-likeness (QED) is 0.697. The molecule has 2 amide bonds. The molecule has 0 aliphatic rings. The van der Waals surface area contributed by atoms with E-state index in [0.717, 1.165) is 0 Å². The number of carboxylic acids is 1. The molecule has 130 valence electrons. The molecule has 2 aromatic rings. The first kappa shape index (κ1) is 18.0. The summed E-state index contributed by atoms with van der Waals surface area (Å²) in [7, 11) is 0. The van der Waals surface area contributed by atoms with Crippen LogP contribution in [0.25, 0.3) is 0 Å². The van der Waals surface area contributed by atoms with E-state index in [-0.39, 0.29) is 11.1 Å². The number of benzene rings is 2. The monoisotopic (exact) mass is 342 g/mol. The Labute approximate surface area is 144 Å². The fraction of sp³-hybridized carbons (Fsp3) is 0.167. The Morgan fingerprint density at radius 2 is 1.56 bits per heavy atom. The van der Waals surface area contributed by atoms with Crippen molar-refractivity contribution in [3.8, 4) is 5.75 Å². The number of hydrogen-bond donors (Lipinski definition) is 3. The number of rotatable bonds is 6. The van der Waals surface area contributed by atoms with Crippen molar-refractivity contribution >= 4 is 17.8 Å². The predicted molar refractivity (Wildman–Crippen MR) is 90.2 cm³/mol. The summed E-state index contributed by atoms with van der Waals surface area (Å²) in [5.41, 5.74) is 4.27. The molecule has 0 bridgehead atoms. The van der Waals surface area contributed by atoms with Crippen molar-refractivity contribution in [2.24, 2.45) is 0 Å². The van der Waals surface area contributed by atoms with Gasteiger partial charge in [-0.1, -0.05) is 37.3 Å². The van der Waals surface area contributed by atoms with Gasteiger partial charge in [0.2, 0.25) is 0 Å². The molecule has 0 fully saturated rings. The molecule has 0 heterocycles. The highest BCUT2D eigenvalue weighted by atomic mass is 16.5. The highest BCUT2D eigenvalue weighted by Crippen LogP contribution is 2.12. The fourth-order valence-corrected chi connectivity index (χ4v) is 2.12.